The third kappa shape index (κ3) is 4.95. The van der Waals surface area contributed by atoms with Gasteiger partial charge < -0.3 is 24.8 Å². The highest BCUT2D eigenvalue weighted by Crippen LogP contribution is 2.23. The molecule has 3 aromatic rings. The van der Waals surface area contributed by atoms with Crippen molar-refractivity contribution >= 4 is 11.6 Å². The Bertz CT molecular complexity index is 1270. The molecule has 35 heavy (non-hydrogen) atoms. The molecule has 0 unspecified atom stereocenters. The maximum absolute atomic E-state index is 13.9. The van der Waals surface area contributed by atoms with Crippen molar-refractivity contribution in [1.29, 1.82) is 0 Å². The summed E-state index contributed by atoms with van der Waals surface area (Å²) in [6.45, 7) is 3.18. The molecule has 3 heterocycles. The van der Waals surface area contributed by atoms with E-state index in [1.807, 2.05) is 24.3 Å². The molecule has 0 spiro atoms. The van der Waals surface area contributed by atoms with Crippen LogP contribution in [0.25, 0.3) is 16.9 Å². The lowest BCUT2D eigenvalue weighted by atomic mass is 10.1. The Morgan fingerprint density at radius 3 is 2.49 bits per heavy atom. The lowest BCUT2D eigenvalue weighted by molar-refractivity contribution is 0.0884. The number of amides is 1. The molecule has 0 saturated carbocycles. The minimum Gasteiger partial charge on any atom is -0.388 e. The monoisotopic (exact) mass is 480 g/mol. The lowest BCUT2D eigenvalue weighted by Gasteiger charge is -2.28. The van der Waals surface area contributed by atoms with Gasteiger partial charge in [-0.3, -0.25) is 9.59 Å². The number of benzene rings is 2. The van der Waals surface area contributed by atoms with Crippen molar-refractivity contribution in [2.24, 2.45) is 0 Å². The molecule has 0 bridgehead atoms. The molecular formula is C25H25FN4O5. The van der Waals surface area contributed by atoms with Crippen molar-refractivity contribution < 1.29 is 23.8 Å². The maximum Gasteiger partial charge on any atom is 0.284 e. The molecule has 2 aromatic carbocycles. The summed E-state index contributed by atoms with van der Waals surface area (Å²) in [5, 5.41) is 17.1. The molecular weight excluding hydrogens is 455 g/mol. The second-order valence-electron chi connectivity index (χ2n) is 8.47. The topological polar surface area (TPSA) is 106 Å². The summed E-state index contributed by atoms with van der Waals surface area (Å²) in [5.74, 6) is -1.20. The number of hydrogen-bond donors (Lipinski definition) is 2. The van der Waals surface area contributed by atoms with Crippen molar-refractivity contribution in [2.75, 3.05) is 44.4 Å². The van der Waals surface area contributed by atoms with Gasteiger partial charge >= 0.3 is 0 Å². The average molecular weight is 480 g/mol. The van der Waals surface area contributed by atoms with Crippen LogP contribution in [-0.4, -0.2) is 72.5 Å². The van der Waals surface area contributed by atoms with E-state index in [0.29, 0.717) is 24.5 Å². The highest BCUT2D eigenvalue weighted by molar-refractivity contribution is 5.95. The summed E-state index contributed by atoms with van der Waals surface area (Å²) in [4.78, 5) is 28.5. The number of aliphatic hydroxyl groups is 1. The van der Waals surface area contributed by atoms with E-state index in [9.17, 15) is 19.1 Å². The first-order valence-corrected chi connectivity index (χ1v) is 11.4. The Hall–Kier alpha value is -3.60. The molecule has 0 aliphatic carbocycles. The third-order valence-electron chi connectivity index (χ3n) is 6.12. The summed E-state index contributed by atoms with van der Waals surface area (Å²) in [5.41, 5.74) is 1.41. The molecule has 9 nitrogen and oxygen atoms in total. The van der Waals surface area contributed by atoms with Gasteiger partial charge in [0.05, 0.1) is 50.0 Å². The maximum atomic E-state index is 13.9. The van der Waals surface area contributed by atoms with Gasteiger partial charge in [0.2, 0.25) is 0 Å². The van der Waals surface area contributed by atoms with Crippen LogP contribution in [0.2, 0.25) is 0 Å². The van der Waals surface area contributed by atoms with Gasteiger partial charge in [0.15, 0.2) is 0 Å². The standard InChI is InChI=1S/C25H25FN4O5/c26-17-2-1-3-19(12-17)30-25(33)20(24(32)27-22-14-35-15-23(22)31)13-21(28-30)16-4-6-18(7-5-16)29-8-10-34-11-9-29/h1-7,12-13,22-23,31H,8-11,14-15H2,(H,27,32)/t22-,23-/m0/s1. The molecule has 2 aliphatic rings. The number of morpholine rings is 1. The summed E-state index contributed by atoms with van der Waals surface area (Å²) in [6.07, 6.45) is -0.863. The van der Waals surface area contributed by atoms with Crippen molar-refractivity contribution in [2.45, 2.75) is 12.1 Å². The van der Waals surface area contributed by atoms with Gasteiger partial charge in [-0.2, -0.15) is 9.78 Å². The van der Waals surface area contributed by atoms with Crippen LogP contribution in [0.4, 0.5) is 10.1 Å². The molecule has 0 radical (unpaired) electrons. The van der Waals surface area contributed by atoms with Crippen LogP contribution in [-0.2, 0) is 9.47 Å². The Morgan fingerprint density at radius 1 is 1.03 bits per heavy atom. The molecule has 10 heteroatoms. The molecule has 2 saturated heterocycles. The van der Waals surface area contributed by atoms with E-state index in [2.05, 4.69) is 15.3 Å². The number of anilines is 1. The van der Waals surface area contributed by atoms with E-state index in [-0.39, 0.29) is 24.5 Å². The zero-order chi connectivity index (χ0) is 24.4. The Balaban J connectivity index is 1.54. The quantitative estimate of drug-likeness (QED) is 0.568. The smallest absolute Gasteiger partial charge is 0.284 e. The number of ether oxygens (including phenoxy) is 2. The van der Waals surface area contributed by atoms with Crippen LogP contribution < -0.4 is 15.8 Å². The van der Waals surface area contributed by atoms with E-state index < -0.39 is 29.4 Å². The average Bonchev–Trinajstić information content (AvgIpc) is 3.28. The first-order valence-electron chi connectivity index (χ1n) is 11.4. The van der Waals surface area contributed by atoms with Gasteiger partial charge in [-0.15, -0.1) is 0 Å². The normalized spacial score (nSPS) is 20.1. The summed E-state index contributed by atoms with van der Waals surface area (Å²) in [7, 11) is 0. The number of nitrogens with zero attached hydrogens (tertiary/aromatic N) is 3. The third-order valence-corrected chi connectivity index (χ3v) is 6.12. The number of hydrogen-bond acceptors (Lipinski definition) is 7. The molecule has 5 rings (SSSR count). The minimum atomic E-state index is -0.863. The van der Waals surface area contributed by atoms with Gasteiger partial charge in [0, 0.05) is 24.3 Å². The minimum absolute atomic E-state index is 0.107. The number of carbonyl (C=O) groups excluding carboxylic acids is 1. The molecule has 2 aliphatic heterocycles. The highest BCUT2D eigenvalue weighted by atomic mass is 19.1. The Kier molecular flexibility index (Phi) is 6.58. The van der Waals surface area contributed by atoms with Crippen LogP contribution in [0.5, 0.6) is 0 Å². The van der Waals surface area contributed by atoms with Gasteiger partial charge in [-0.25, -0.2) is 4.39 Å². The van der Waals surface area contributed by atoms with Crippen LogP contribution in [0.3, 0.4) is 0 Å². The predicted molar refractivity (Wildman–Crippen MR) is 126 cm³/mol. The lowest BCUT2D eigenvalue weighted by Crippen LogP contribution is -2.44. The van der Waals surface area contributed by atoms with Crippen molar-refractivity contribution in [3.63, 3.8) is 0 Å². The van der Waals surface area contributed by atoms with Gasteiger partial charge in [-0.1, -0.05) is 18.2 Å². The first-order chi connectivity index (χ1) is 17.0. The van der Waals surface area contributed by atoms with E-state index >= 15 is 0 Å². The molecule has 1 amide bonds. The zero-order valence-electron chi connectivity index (χ0n) is 18.9. The number of nitrogens with one attached hydrogen (secondary N) is 1. The Morgan fingerprint density at radius 2 is 1.80 bits per heavy atom. The van der Waals surface area contributed by atoms with Crippen LogP contribution in [0, 0.1) is 5.82 Å². The van der Waals surface area contributed by atoms with E-state index in [4.69, 9.17) is 9.47 Å². The number of aliphatic hydroxyl groups excluding tert-OH is 1. The van der Waals surface area contributed by atoms with Crippen molar-refractivity contribution in [1.82, 2.24) is 15.1 Å². The van der Waals surface area contributed by atoms with Crippen LogP contribution in [0.15, 0.2) is 59.4 Å². The SMILES string of the molecule is O=C(N[C@H]1COC[C@@H]1O)c1cc(-c2ccc(N3CCOCC3)cc2)nn(-c2cccc(F)c2)c1=O. The van der Waals surface area contributed by atoms with Crippen molar-refractivity contribution in [3.8, 4) is 16.9 Å². The Labute approximate surface area is 200 Å². The fourth-order valence-electron chi connectivity index (χ4n) is 4.17. The molecule has 182 valence electrons. The summed E-state index contributed by atoms with van der Waals surface area (Å²) >= 11 is 0. The van der Waals surface area contributed by atoms with E-state index in [1.165, 1.54) is 24.3 Å². The molecule has 2 atom stereocenters. The summed E-state index contributed by atoms with van der Waals surface area (Å²) in [6, 6.07) is 13.9. The number of aromatic nitrogens is 2. The number of halogens is 1. The number of carbonyl (C=O) groups is 1. The molecule has 2 fully saturated rings. The molecule has 1 aromatic heterocycles. The molecule has 2 N–H and O–H groups in total. The second kappa shape index (κ2) is 9.95. The number of rotatable bonds is 5. The first kappa shape index (κ1) is 23.2. The summed E-state index contributed by atoms with van der Waals surface area (Å²) < 4.78 is 25.5. The van der Waals surface area contributed by atoms with Gasteiger partial charge in [0.1, 0.15) is 11.4 Å². The van der Waals surface area contributed by atoms with Crippen LogP contribution in [0.1, 0.15) is 10.4 Å². The van der Waals surface area contributed by atoms with Crippen LogP contribution >= 0.6 is 0 Å². The predicted octanol–water partition coefficient (Wildman–Crippen LogP) is 1.36. The van der Waals surface area contributed by atoms with E-state index in [1.54, 1.807) is 6.07 Å². The van der Waals surface area contributed by atoms with Gasteiger partial charge in [-0.05, 0) is 36.4 Å². The highest BCUT2D eigenvalue weighted by Gasteiger charge is 2.29. The fourth-order valence-corrected chi connectivity index (χ4v) is 4.17. The second-order valence-corrected chi connectivity index (χ2v) is 8.47. The van der Waals surface area contributed by atoms with E-state index in [0.717, 1.165) is 23.5 Å². The largest absolute Gasteiger partial charge is 0.388 e. The van der Waals surface area contributed by atoms with Gasteiger partial charge in [0.25, 0.3) is 11.5 Å². The fraction of sp³-hybridized carbons (Fsp3) is 0.320. The van der Waals surface area contributed by atoms with Crippen molar-refractivity contribution in [3.05, 3.63) is 76.3 Å². The zero-order valence-corrected chi connectivity index (χ0v) is 18.9.